The molecule has 0 amide bonds. The Morgan fingerprint density at radius 1 is 1.34 bits per heavy atom. The van der Waals surface area contributed by atoms with E-state index in [1.165, 1.54) is 12.8 Å². The molecule has 2 aliphatic rings. The Balaban J connectivity index is 0.00000300. The number of rotatable bonds is 10. The van der Waals surface area contributed by atoms with Gasteiger partial charge in [0, 0.05) is 39.8 Å². The van der Waals surface area contributed by atoms with Crippen molar-refractivity contribution in [3.63, 3.8) is 0 Å². The van der Waals surface area contributed by atoms with Gasteiger partial charge in [-0.2, -0.15) is 0 Å². The Kier molecular flexibility index (Phi) is 10.8. The van der Waals surface area contributed by atoms with Crippen LogP contribution in [0.25, 0.3) is 0 Å². The topological polar surface area (TPSA) is 62.5 Å². The fraction of sp³-hybridized carbons (Fsp3) is 0.762. The van der Waals surface area contributed by atoms with E-state index in [1.807, 2.05) is 13.0 Å². The van der Waals surface area contributed by atoms with Crippen LogP contribution in [-0.2, 0) is 9.47 Å². The number of aryl methyl sites for hydroxylation is 1. The fourth-order valence-electron chi connectivity index (χ4n) is 3.39. The zero-order chi connectivity index (χ0) is 19.8. The number of aliphatic imine (C=N–C) groups is 1. The van der Waals surface area contributed by atoms with Crippen molar-refractivity contribution in [3.05, 3.63) is 23.7 Å². The Morgan fingerprint density at radius 2 is 2.10 bits per heavy atom. The summed E-state index contributed by atoms with van der Waals surface area (Å²) in [4.78, 5) is 9.50. The van der Waals surface area contributed by atoms with E-state index in [4.69, 9.17) is 18.9 Å². The molecule has 0 bridgehead atoms. The van der Waals surface area contributed by atoms with Gasteiger partial charge in [-0.15, -0.1) is 24.0 Å². The Hall–Kier alpha value is -0.840. The molecule has 1 aliphatic carbocycles. The van der Waals surface area contributed by atoms with Crippen molar-refractivity contribution in [2.75, 3.05) is 66.2 Å². The molecule has 3 rings (SSSR count). The summed E-state index contributed by atoms with van der Waals surface area (Å²) >= 11 is 0. The predicted molar refractivity (Wildman–Crippen MR) is 126 cm³/mol. The van der Waals surface area contributed by atoms with Crippen molar-refractivity contribution in [2.45, 2.75) is 32.7 Å². The second kappa shape index (κ2) is 12.8. The summed E-state index contributed by atoms with van der Waals surface area (Å²) in [6, 6.07) is 4.24. The van der Waals surface area contributed by atoms with Gasteiger partial charge in [-0.25, -0.2) is 0 Å². The molecule has 1 saturated carbocycles. The van der Waals surface area contributed by atoms with Gasteiger partial charge in [0.05, 0.1) is 32.4 Å². The summed E-state index contributed by atoms with van der Waals surface area (Å²) in [6.07, 6.45) is 2.66. The van der Waals surface area contributed by atoms with Gasteiger partial charge in [-0.05, 0) is 44.7 Å². The molecular weight excluding hydrogens is 483 g/mol. The normalized spacial score (nSPS) is 18.9. The summed E-state index contributed by atoms with van der Waals surface area (Å²) in [5.74, 6) is 3.64. The summed E-state index contributed by atoms with van der Waals surface area (Å²) < 4.78 is 17.3. The van der Waals surface area contributed by atoms with E-state index in [0.29, 0.717) is 6.54 Å². The lowest BCUT2D eigenvalue weighted by molar-refractivity contribution is 0.0135. The Labute approximate surface area is 192 Å². The van der Waals surface area contributed by atoms with Gasteiger partial charge >= 0.3 is 0 Å². The SMILES string of the molecule is CCNC(=NCC(c1ccc(C)o1)N1CCOCC1)N(C)CCOCC1CC1.I. The summed E-state index contributed by atoms with van der Waals surface area (Å²) in [6.45, 7) is 11.4. The second-order valence-corrected chi connectivity index (χ2v) is 7.75. The molecule has 2 fully saturated rings. The average molecular weight is 520 g/mol. The van der Waals surface area contributed by atoms with Crippen molar-refractivity contribution < 1.29 is 13.9 Å². The highest BCUT2D eigenvalue weighted by Crippen LogP contribution is 2.28. The maximum atomic E-state index is 5.95. The third kappa shape index (κ3) is 8.07. The van der Waals surface area contributed by atoms with Gasteiger partial charge < -0.3 is 24.1 Å². The molecule has 1 unspecified atom stereocenters. The third-order valence-corrected chi connectivity index (χ3v) is 5.31. The van der Waals surface area contributed by atoms with Gasteiger partial charge in [0.15, 0.2) is 5.96 Å². The molecule has 1 aromatic heterocycles. The van der Waals surface area contributed by atoms with Crippen LogP contribution >= 0.6 is 24.0 Å². The van der Waals surface area contributed by atoms with Crippen LogP contribution in [0.15, 0.2) is 21.5 Å². The Morgan fingerprint density at radius 3 is 2.72 bits per heavy atom. The molecule has 7 nitrogen and oxygen atoms in total. The number of ether oxygens (including phenoxy) is 2. The molecule has 0 spiro atoms. The standard InChI is InChI=1S/C21H36N4O3.HI/c1-4-22-21(24(3)9-12-27-16-18-6-7-18)23-15-19(20-8-5-17(2)28-20)25-10-13-26-14-11-25;/h5,8,18-19H,4,6-7,9-16H2,1-3H3,(H,22,23);1H. The monoisotopic (exact) mass is 520 g/mol. The van der Waals surface area contributed by atoms with Gasteiger partial charge in [-0.1, -0.05) is 0 Å². The number of likely N-dealkylation sites (N-methyl/N-ethyl adjacent to an activating group) is 1. The van der Waals surface area contributed by atoms with E-state index in [2.05, 4.69) is 35.2 Å². The number of hydrogen-bond acceptors (Lipinski definition) is 5. The first-order valence-corrected chi connectivity index (χ1v) is 10.6. The second-order valence-electron chi connectivity index (χ2n) is 7.75. The van der Waals surface area contributed by atoms with Crippen molar-refractivity contribution in [1.29, 1.82) is 0 Å². The quantitative estimate of drug-likeness (QED) is 0.222. The largest absolute Gasteiger partial charge is 0.465 e. The Bertz CT molecular complexity index is 615. The highest BCUT2D eigenvalue weighted by Gasteiger charge is 2.25. The van der Waals surface area contributed by atoms with Crippen LogP contribution in [0.4, 0.5) is 0 Å². The van der Waals surface area contributed by atoms with Crippen LogP contribution in [0.1, 0.15) is 37.3 Å². The summed E-state index contributed by atoms with van der Waals surface area (Å²) in [7, 11) is 2.07. The molecule has 1 saturated heterocycles. The van der Waals surface area contributed by atoms with E-state index >= 15 is 0 Å². The minimum atomic E-state index is 0. The molecule has 1 N–H and O–H groups in total. The first kappa shape index (κ1) is 24.4. The highest BCUT2D eigenvalue weighted by atomic mass is 127. The first-order valence-electron chi connectivity index (χ1n) is 10.6. The minimum Gasteiger partial charge on any atom is -0.465 e. The van der Waals surface area contributed by atoms with Crippen LogP contribution < -0.4 is 5.32 Å². The number of morpholine rings is 1. The number of nitrogens with one attached hydrogen (secondary N) is 1. The lowest BCUT2D eigenvalue weighted by Gasteiger charge is -2.33. The number of guanidine groups is 1. The molecular formula is C21H37IN4O3. The van der Waals surface area contributed by atoms with Gasteiger partial charge in [0.2, 0.25) is 0 Å². The molecule has 0 radical (unpaired) electrons. The predicted octanol–water partition coefficient (Wildman–Crippen LogP) is 2.90. The van der Waals surface area contributed by atoms with Gasteiger partial charge in [0.1, 0.15) is 11.5 Å². The van der Waals surface area contributed by atoms with E-state index < -0.39 is 0 Å². The molecule has 29 heavy (non-hydrogen) atoms. The molecule has 8 heteroatoms. The smallest absolute Gasteiger partial charge is 0.193 e. The number of nitrogens with zero attached hydrogens (tertiary/aromatic N) is 3. The van der Waals surface area contributed by atoms with Crippen molar-refractivity contribution in [3.8, 4) is 0 Å². The van der Waals surface area contributed by atoms with Gasteiger partial charge in [0.25, 0.3) is 0 Å². The van der Waals surface area contributed by atoms with E-state index in [1.54, 1.807) is 0 Å². The summed E-state index contributed by atoms with van der Waals surface area (Å²) in [5.41, 5.74) is 0. The third-order valence-electron chi connectivity index (χ3n) is 5.31. The van der Waals surface area contributed by atoms with Crippen molar-refractivity contribution in [2.24, 2.45) is 10.9 Å². The molecule has 1 aromatic rings. The molecule has 1 atom stereocenters. The highest BCUT2D eigenvalue weighted by molar-refractivity contribution is 14.0. The van der Waals surface area contributed by atoms with Crippen LogP contribution in [0, 0.1) is 12.8 Å². The van der Waals surface area contributed by atoms with Crippen LogP contribution in [0.3, 0.4) is 0 Å². The molecule has 1 aliphatic heterocycles. The van der Waals surface area contributed by atoms with E-state index in [-0.39, 0.29) is 30.0 Å². The maximum Gasteiger partial charge on any atom is 0.193 e. The van der Waals surface area contributed by atoms with Gasteiger partial charge in [-0.3, -0.25) is 9.89 Å². The minimum absolute atomic E-state index is 0. The maximum absolute atomic E-state index is 5.95. The van der Waals surface area contributed by atoms with Crippen LogP contribution in [0.5, 0.6) is 0 Å². The van der Waals surface area contributed by atoms with E-state index in [9.17, 15) is 0 Å². The molecule has 2 heterocycles. The molecule has 166 valence electrons. The van der Waals surface area contributed by atoms with Crippen molar-refractivity contribution >= 4 is 29.9 Å². The first-order chi connectivity index (χ1) is 13.7. The van der Waals surface area contributed by atoms with E-state index in [0.717, 1.165) is 76.0 Å². The zero-order valence-corrected chi connectivity index (χ0v) is 20.4. The zero-order valence-electron chi connectivity index (χ0n) is 18.1. The fourth-order valence-corrected chi connectivity index (χ4v) is 3.39. The van der Waals surface area contributed by atoms with Crippen LogP contribution in [0.2, 0.25) is 0 Å². The summed E-state index contributed by atoms with van der Waals surface area (Å²) in [5, 5.41) is 3.41. The average Bonchev–Trinajstić information content (AvgIpc) is 3.44. The molecule has 0 aromatic carbocycles. The van der Waals surface area contributed by atoms with Crippen molar-refractivity contribution in [1.82, 2.24) is 15.1 Å². The number of hydrogen-bond donors (Lipinski definition) is 1. The number of halogens is 1. The number of furan rings is 1. The lowest BCUT2D eigenvalue weighted by Crippen LogP contribution is -2.43. The lowest BCUT2D eigenvalue weighted by atomic mass is 10.1. The van der Waals surface area contributed by atoms with Crippen LogP contribution in [-0.4, -0.2) is 82.0 Å².